The molecule has 0 atom stereocenters. The minimum atomic E-state index is -0.937. The molecule has 0 unspecified atom stereocenters. The van der Waals surface area contributed by atoms with Crippen LogP contribution in [-0.2, 0) is 4.79 Å². The zero-order valence-electron chi connectivity index (χ0n) is 11.6. The monoisotopic (exact) mass is 268 g/mol. The Morgan fingerprint density at radius 2 is 1.79 bits per heavy atom. The predicted octanol–water partition coefficient (Wildman–Crippen LogP) is 2.07. The van der Waals surface area contributed by atoms with Crippen molar-refractivity contribution in [1.82, 2.24) is 10.2 Å². The van der Waals surface area contributed by atoms with Crippen molar-refractivity contribution >= 4 is 12.0 Å². The average Bonchev–Trinajstić information content (AvgIpc) is 3.14. The molecule has 2 rings (SSSR count). The van der Waals surface area contributed by atoms with Gasteiger partial charge < -0.3 is 15.3 Å². The summed E-state index contributed by atoms with van der Waals surface area (Å²) in [6.45, 7) is 2.63. The second-order valence-corrected chi connectivity index (χ2v) is 6.12. The Balaban J connectivity index is 1.81. The zero-order chi connectivity index (χ0) is 13.8. The molecule has 0 aliphatic heterocycles. The van der Waals surface area contributed by atoms with Crippen molar-refractivity contribution in [1.29, 1.82) is 0 Å². The fourth-order valence-corrected chi connectivity index (χ4v) is 2.66. The van der Waals surface area contributed by atoms with Gasteiger partial charge in [0.2, 0.25) is 0 Å². The summed E-state index contributed by atoms with van der Waals surface area (Å²) in [7, 11) is 0. The molecule has 0 heterocycles. The van der Waals surface area contributed by atoms with Gasteiger partial charge >= 0.3 is 12.0 Å². The van der Waals surface area contributed by atoms with Gasteiger partial charge in [0.25, 0.3) is 0 Å². The molecule has 0 saturated heterocycles. The molecule has 2 saturated carbocycles. The van der Waals surface area contributed by atoms with Crippen molar-refractivity contribution in [3.63, 3.8) is 0 Å². The van der Waals surface area contributed by atoms with Gasteiger partial charge in [0.05, 0.1) is 0 Å². The predicted molar refractivity (Wildman–Crippen MR) is 71.9 cm³/mol. The van der Waals surface area contributed by atoms with Crippen LogP contribution >= 0.6 is 0 Å². The lowest BCUT2D eigenvalue weighted by Crippen LogP contribution is -2.48. The van der Waals surface area contributed by atoms with Gasteiger partial charge in [-0.25, -0.2) is 4.79 Å². The van der Waals surface area contributed by atoms with Crippen LogP contribution in [-0.4, -0.2) is 41.1 Å². The number of carboxylic acids is 1. The molecule has 0 aromatic rings. The Labute approximate surface area is 114 Å². The van der Waals surface area contributed by atoms with E-state index in [0.717, 1.165) is 44.4 Å². The lowest BCUT2D eigenvalue weighted by atomic mass is 9.87. The number of nitrogens with one attached hydrogen (secondary N) is 1. The summed E-state index contributed by atoms with van der Waals surface area (Å²) in [4.78, 5) is 24.4. The van der Waals surface area contributed by atoms with Crippen LogP contribution in [0.5, 0.6) is 0 Å². The number of carbonyl (C=O) groups excluding carboxylic acids is 1. The second kappa shape index (κ2) is 6.26. The summed E-state index contributed by atoms with van der Waals surface area (Å²) in [6, 6.07) is 0.0213. The number of rotatable bonds is 5. The standard InChI is InChI=1S/C14H24N2O3/c1-10-2-6-12(7-3-10)15-14(19)16(9-13(17)18)8-11-4-5-11/h10-12H,2-9H2,1H3,(H,15,19)(H,17,18). The minimum absolute atomic E-state index is 0.189. The van der Waals surface area contributed by atoms with Gasteiger partial charge in [-0.3, -0.25) is 4.79 Å². The average molecular weight is 268 g/mol. The summed E-state index contributed by atoms with van der Waals surface area (Å²) >= 11 is 0. The Morgan fingerprint density at radius 3 is 2.32 bits per heavy atom. The summed E-state index contributed by atoms with van der Waals surface area (Å²) < 4.78 is 0. The minimum Gasteiger partial charge on any atom is -0.480 e. The third-order valence-electron chi connectivity index (χ3n) is 4.13. The van der Waals surface area contributed by atoms with Crippen LogP contribution in [0.25, 0.3) is 0 Å². The van der Waals surface area contributed by atoms with Crippen molar-refractivity contribution in [2.75, 3.05) is 13.1 Å². The van der Waals surface area contributed by atoms with Crippen LogP contribution in [0.2, 0.25) is 0 Å². The molecule has 0 bridgehead atoms. The van der Waals surface area contributed by atoms with Gasteiger partial charge in [0.15, 0.2) is 0 Å². The molecule has 2 aliphatic carbocycles. The molecular formula is C14H24N2O3. The number of amides is 2. The highest BCUT2D eigenvalue weighted by Gasteiger charge is 2.29. The summed E-state index contributed by atoms with van der Waals surface area (Å²) in [5.41, 5.74) is 0. The van der Waals surface area contributed by atoms with E-state index < -0.39 is 5.97 Å². The Morgan fingerprint density at radius 1 is 1.16 bits per heavy atom. The van der Waals surface area contributed by atoms with Crippen molar-refractivity contribution in [2.45, 2.75) is 51.5 Å². The third-order valence-corrected chi connectivity index (χ3v) is 4.13. The van der Waals surface area contributed by atoms with Crippen molar-refractivity contribution in [3.8, 4) is 0 Å². The second-order valence-electron chi connectivity index (χ2n) is 6.12. The number of hydrogen-bond donors (Lipinski definition) is 2. The molecule has 0 aromatic carbocycles. The van der Waals surface area contributed by atoms with Gasteiger partial charge in [-0.1, -0.05) is 6.92 Å². The van der Waals surface area contributed by atoms with Crippen LogP contribution in [0.15, 0.2) is 0 Å². The maximum atomic E-state index is 12.1. The highest BCUT2D eigenvalue weighted by molar-refractivity contribution is 5.80. The molecule has 5 heteroatoms. The van der Waals surface area contributed by atoms with E-state index in [-0.39, 0.29) is 18.6 Å². The van der Waals surface area contributed by atoms with Gasteiger partial charge in [0, 0.05) is 12.6 Å². The molecule has 0 aromatic heterocycles. The zero-order valence-corrected chi connectivity index (χ0v) is 11.6. The number of carbonyl (C=O) groups is 2. The van der Waals surface area contributed by atoms with E-state index in [1.165, 1.54) is 4.90 Å². The van der Waals surface area contributed by atoms with E-state index in [2.05, 4.69) is 12.2 Å². The first-order valence-corrected chi connectivity index (χ1v) is 7.32. The van der Waals surface area contributed by atoms with Crippen LogP contribution < -0.4 is 5.32 Å². The smallest absolute Gasteiger partial charge is 0.323 e. The van der Waals surface area contributed by atoms with Gasteiger partial charge in [0.1, 0.15) is 6.54 Å². The third kappa shape index (κ3) is 4.73. The van der Waals surface area contributed by atoms with Crippen LogP contribution in [0.3, 0.4) is 0 Å². The lowest BCUT2D eigenvalue weighted by Gasteiger charge is -2.29. The van der Waals surface area contributed by atoms with E-state index in [1.54, 1.807) is 0 Å². The fraction of sp³-hybridized carbons (Fsp3) is 0.857. The summed E-state index contributed by atoms with van der Waals surface area (Å²) in [6.07, 6.45) is 6.54. The fourth-order valence-electron chi connectivity index (χ4n) is 2.66. The molecular weight excluding hydrogens is 244 g/mol. The number of urea groups is 1. The molecule has 5 nitrogen and oxygen atoms in total. The Hall–Kier alpha value is -1.26. The van der Waals surface area contributed by atoms with Gasteiger partial charge in [-0.05, 0) is 50.4 Å². The number of nitrogens with zero attached hydrogens (tertiary/aromatic N) is 1. The molecule has 2 aliphatic rings. The van der Waals surface area contributed by atoms with Crippen LogP contribution in [0.4, 0.5) is 4.79 Å². The summed E-state index contributed by atoms with van der Waals surface area (Å²) in [5.74, 6) is 0.319. The van der Waals surface area contributed by atoms with Crippen LogP contribution in [0, 0.1) is 11.8 Å². The topological polar surface area (TPSA) is 69.6 Å². The van der Waals surface area contributed by atoms with E-state index in [1.807, 2.05) is 0 Å². The molecule has 0 radical (unpaired) electrons. The molecule has 19 heavy (non-hydrogen) atoms. The Bertz CT molecular complexity index is 334. The van der Waals surface area contributed by atoms with E-state index in [4.69, 9.17) is 5.11 Å². The largest absolute Gasteiger partial charge is 0.480 e. The van der Waals surface area contributed by atoms with E-state index >= 15 is 0 Å². The lowest BCUT2D eigenvalue weighted by molar-refractivity contribution is -0.137. The first kappa shape index (κ1) is 14.2. The van der Waals surface area contributed by atoms with Gasteiger partial charge in [-0.15, -0.1) is 0 Å². The molecule has 2 amide bonds. The van der Waals surface area contributed by atoms with Crippen molar-refractivity contribution in [3.05, 3.63) is 0 Å². The molecule has 2 fully saturated rings. The van der Waals surface area contributed by atoms with Crippen LogP contribution in [0.1, 0.15) is 45.4 Å². The highest BCUT2D eigenvalue weighted by atomic mass is 16.4. The summed E-state index contributed by atoms with van der Waals surface area (Å²) in [5, 5.41) is 11.9. The number of hydrogen-bond acceptors (Lipinski definition) is 2. The van der Waals surface area contributed by atoms with Crippen molar-refractivity contribution in [2.24, 2.45) is 11.8 Å². The normalized spacial score (nSPS) is 26.8. The first-order chi connectivity index (χ1) is 9.04. The molecule has 108 valence electrons. The molecule has 2 N–H and O–H groups in total. The van der Waals surface area contributed by atoms with E-state index in [9.17, 15) is 9.59 Å². The highest BCUT2D eigenvalue weighted by Crippen LogP contribution is 2.30. The van der Waals surface area contributed by atoms with E-state index in [0.29, 0.717) is 12.5 Å². The van der Waals surface area contributed by atoms with Gasteiger partial charge in [-0.2, -0.15) is 0 Å². The maximum absolute atomic E-state index is 12.1. The number of carboxylic acid groups (broad SMARTS) is 1. The quantitative estimate of drug-likeness (QED) is 0.802. The van der Waals surface area contributed by atoms with Crippen molar-refractivity contribution < 1.29 is 14.7 Å². The first-order valence-electron chi connectivity index (χ1n) is 7.32. The SMILES string of the molecule is CC1CCC(NC(=O)N(CC(=O)O)CC2CC2)CC1. The maximum Gasteiger partial charge on any atom is 0.323 e. The molecule has 0 spiro atoms. The number of aliphatic carboxylic acids is 1. The Kier molecular flexibility index (Phi) is 4.66.